The van der Waals surface area contributed by atoms with E-state index in [0.29, 0.717) is 5.75 Å². The zero-order valence-electron chi connectivity index (χ0n) is 7.17. The number of carbonyl (C=O) groups is 1. The lowest BCUT2D eigenvalue weighted by atomic mass is 10.2. The van der Waals surface area contributed by atoms with Crippen LogP contribution >= 0.6 is 11.8 Å². The van der Waals surface area contributed by atoms with Crippen molar-refractivity contribution in [1.29, 1.82) is 0 Å². The third kappa shape index (κ3) is 3.42. The van der Waals surface area contributed by atoms with Crippen LogP contribution in [0.15, 0.2) is 23.6 Å². The van der Waals surface area contributed by atoms with Gasteiger partial charge in [0, 0.05) is 11.9 Å². The Morgan fingerprint density at radius 3 is 3.08 bits per heavy atom. The predicted octanol–water partition coefficient (Wildman–Crippen LogP) is 1.29. The summed E-state index contributed by atoms with van der Waals surface area (Å²) in [6.07, 6.45) is 3.09. The van der Waals surface area contributed by atoms with Crippen molar-refractivity contribution in [3.63, 3.8) is 0 Å². The Kier molecular flexibility index (Phi) is 3.70. The first-order valence-corrected chi connectivity index (χ1v) is 4.80. The summed E-state index contributed by atoms with van der Waals surface area (Å²) in [7, 11) is 0. The van der Waals surface area contributed by atoms with Crippen molar-refractivity contribution in [3.8, 4) is 0 Å². The Morgan fingerprint density at radius 1 is 1.77 bits per heavy atom. The largest absolute Gasteiger partial charge is 0.481 e. The van der Waals surface area contributed by atoms with Crippen molar-refractivity contribution in [2.75, 3.05) is 5.75 Å². The predicted molar refractivity (Wildman–Crippen MR) is 49.6 cm³/mol. The maximum atomic E-state index is 10.5. The van der Waals surface area contributed by atoms with E-state index in [1.807, 2.05) is 0 Å². The van der Waals surface area contributed by atoms with Gasteiger partial charge >= 0.3 is 5.97 Å². The second-order valence-electron chi connectivity index (χ2n) is 2.60. The van der Waals surface area contributed by atoms with Gasteiger partial charge in [0.2, 0.25) is 0 Å². The first-order valence-electron chi connectivity index (χ1n) is 3.82. The first kappa shape index (κ1) is 9.98. The second kappa shape index (κ2) is 4.81. The van der Waals surface area contributed by atoms with Gasteiger partial charge in [-0.05, 0) is 6.07 Å². The molecular formula is C8H10N2O2S. The zero-order chi connectivity index (χ0) is 9.68. The van der Waals surface area contributed by atoms with E-state index in [9.17, 15) is 4.79 Å². The van der Waals surface area contributed by atoms with Gasteiger partial charge in [-0.2, -0.15) is 0 Å². The first-order chi connectivity index (χ1) is 6.20. The molecule has 1 rings (SSSR count). The number of rotatable bonds is 4. The van der Waals surface area contributed by atoms with E-state index in [4.69, 9.17) is 5.11 Å². The van der Waals surface area contributed by atoms with E-state index in [2.05, 4.69) is 9.97 Å². The number of aliphatic carboxylic acids is 1. The molecule has 0 amide bonds. The molecule has 1 aromatic heterocycles. The lowest BCUT2D eigenvalue weighted by Gasteiger charge is -2.03. The van der Waals surface area contributed by atoms with E-state index in [1.165, 1.54) is 18.1 Å². The summed E-state index contributed by atoms with van der Waals surface area (Å²) in [6.45, 7) is 1.68. The minimum atomic E-state index is -0.776. The molecule has 1 aromatic rings. The molecular weight excluding hydrogens is 188 g/mol. The normalized spacial score (nSPS) is 12.4. The summed E-state index contributed by atoms with van der Waals surface area (Å²) in [6, 6.07) is 1.76. The Morgan fingerprint density at radius 2 is 2.54 bits per heavy atom. The summed E-state index contributed by atoms with van der Waals surface area (Å²) >= 11 is 1.42. The van der Waals surface area contributed by atoms with Crippen molar-refractivity contribution < 1.29 is 9.90 Å². The minimum Gasteiger partial charge on any atom is -0.481 e. The molecule has 0 bridgehead atoms. The van der Waals surface area contributed by atoms with Crippen LogP contribution < -0.4 is 0 Å². The highest BCUT2D eigenvalue weighted by atomic mass is 32.2. The average molecular weight is 198 g/mol. The molecule has 1 unspecified atom stereocenters. The fourth-order valence-corrected chi connectivity index (χ4v) is 1.49. The number of carboxylic acids is 1. The molecule has 0 aromatic carbocycles. The highest BCUT2D eigenvalue weighted by molar-refractivity contribution is 7.99. The van der Waals surface area contributed by atoms with Gasteiger partial charge in [0.1, 0.15) is 6.33 Å². The molecule has 4 nitrogen and oxygen atoms in total. The number of aromatic nitrogens is 2. The Labute approximate surface area is 80.4 Å². The minimum absolute atomic E-state index is 0.347. The van der Waals surface area contributed by atoms with Gasteiger partial charge in [0.25, 0.3) is 0 Å². The molecule has 0 radical (unpaired) electrons. The van der Waals surface area contributed by atoms with Crippen molar-refractivity contribution in [3.05, 3.63) is 18.6 Å². The van der Waals surface area contributed by atoms with Gasteiger partial charge in [0.05, 0.1) is 10.9 Å². The number of hydrogen-bond acceptors (Lipinski definition) is 4. The second-order valence-corrected chi connectivity index (χ2v) is 3.64. The highest BCUT2D eigenvalue weighted by Crippen LogP contribution is 2.16. The van der Waals surface area contributed by atoms with Gasteiger partial charge in [0.15, 0.2) is 0 Å². The maximum Gasteiger partial charge on any atom is 0.307 e. The van der Waals surface area contributed by atoms with Crippen molar-refractivity contribution in [2.24, 2.45) is 5.92 Å². The van der Waals surface area contributed by atoms with E-state index < -0.39 is 5.97 Å². The number of carboxylic acid groups (broad SMARTS) is 1. The third-order valence-electron chi connectivity index (χ3n) is 1.46. The van der Waals surface area contributed by atoms with Crippen molar-refractivity contribution in [2.45, 2.75) is 11.9 Å². The van der Waals surface area contributed by atoms with Crippen LogP contribution in [0.3, 0.4) is 0 Å². The summed E-state index contributed by atoms with van der Waals surface area (Å²) in [5.41, 5.74) is 0. The molecule has 0 aliphatic rings. The Bertz CT molecular complexity index is 279. The summed E-state index contributed by atoms with van der Waals surface area (Å²) in [5, 5.41) is 9.42. The fraction of sp³-hybridized carbons (Fsp3) is 0.375. The molecule has 13 heavy (non-hydrogen) atoms. The molecule has 1 N–H and O–H groups in total. The molecule has 0 aliphatic heterocycles. The Hall–Kier alpha value is -1.10. The topological polar surface area (TPSA) is 63.1 Å². The summed E-state index contributed by atoms with van der Waals surface area (Å²) in [5.74, 6) is -0.590. The van der Waals surface area contributed by atoms with Gasteiger partial charge < -0.3 is 5.11 Å². The zero-order valence-corrected chi connectivity index (χ0v) is 7.99. The maximum absolute atomic E-state index is 10.5. The van der Waals surface area contributed by atoms with E-state index in [1.54, 1.807) is 19.2 Å². The molecule has 1 atom stereocenters. The molecule has 0 saturated heterocycles. The SMILES string of the molecule is CC(CSc1ccncn1)C(=O)O. The fourth-order valence-electron chi connectivity index (χ4n) is 0.646. The average Bonchev–Trinajstić information content (AvgIpc) is 2.15. The van der Waals surface area contributed by atoms with Gasteiger partial charge in [-0.25, -0.2) is 9.97 Å². The van der Waals surface area contributed by atoms with Crippen LogP contribution in [0.1, 0.15) is 6.92 Å². The van der Waals surface area contributed by atoms with E-state index in [0.717, 1.165) is 5.03 Å². The van der Waals surface area contributed by atoms with E-state index in [-0.39, 0.29) is 5.92 Å². The molecule has 0 aliphatic carbocycles. The number of thioether (sulfide) groups is 1. The Balaban J connectivity index is 2.39. The smallest absolute Gasteiger partial charge is 0.307 e. The highest BCUT2D eigenvalue weighted by Gasteiger charge is 2.10. The third-order valence-corrected chi connectivity index (χ3v) is 2.66. The summed E-state index contributed by atoms with van der Waals surface area (Å²) < 4.78 is 0. The van der Waals surface area contributed by atoms with Gasteiger partial charge in [-0.15, -0.1) is 11.8 Å². The molecule has 0 saturated carbocycles. The molecule has 0 spiro atoms. The van der Waals surface area contributed by atoms with Gasteiger partial charge in [-0.3, -0.25) is 4.79 Å². The van der Waals surface area contributed by atoms with Crippen LogP contribution in [0.25, 0.3) is 0 Å². The van der Waals surface area contributed by atoms with Gasteiger partial charge in [-0.1, -0.05) is 6.92 Å². The molecule has 0 fully saturated rings. The van der Waals surface area contributed by atoms with E-state index >= 15 is 0 Å². The quantitative estimate of drug-likeness (QED) is 0.583. The summed E-state index contributed by atoms with van der Waals surface area (Å²) in [4.78, 5) is 18.2. The van der Waals surface area contributed by atoms with Crippen molar-refractivity contribution >= 4 is 17.7 Å². The monoisotopic (exact) mass is 198 g/mol. The standard InChI is InChI=1S/C8H10N2O2S/c1-6(8(11)12)4-13-7-2-3-9-5-10-7/h2-3,5-6H,4H2,1H3,(H,11,12). The van der Waals surface area contributed by atoms with Crippen LogP contribution in [-0.2, 0) is 4.79 Å². The lowest BCUT2D eigenvalue weighted by Crippen LogP contribution is -2.11. The number of nitrogens with zero attached hydrogens (tertiary/aromatic N) is 2. The number of hydrogen-bond donors (Lipinski definition) is 1. The lowest BCUT2D eigenvalue weighted by molar-refractivity contribution is -0.140. The van der Waals surface area contributed by atoms with Crippen LogP contribution in [0.5, 0.6) is 0 Å². The molecule has 5 heteroatoms. The van der Waals surface area contributed by atoms with Crippen LogP contribution in [0, 0.1) is 5.92 Å². The van der Waals surface area contributed by atoms with Crippen LogP contribution in [-0.4, -0.2) is 26.8 Å². The van der Waals surface area contributed by atoms with Crippen LogP contribution in [0.4, 0.5) is 0 Å². The molecule has 70 valence electrons. The van der Waals surface area contributed by atoms with Crippen molar-refractivity contribution in [1.82, 2.24) is 9.97 Å². The van der Waals surface area contributed by atoms with Crippen LogP contribution in [0.2, 0.25) is 0 Å². The molecule has 1 heterocycles.